The fourth-order valence-corrected chi connectivity index (χ4v) is 5.70. The van der Waals surface area contributed by atoms with E-state index in [1.165, 1.54) is 16.0 Å². The number of rotatable bonds is 5. The van der Waals surface area contributed by atoms with Gasteiger partial charge in [0.15, 0.2) is 0 Å². The van der Waals surface area contributed by atoms with E-state index in [2.05, 4.69) is 28.0 Å². The number of imide groups is 1. The second kappa shape index (κ2) is 8.58. The molecule has 1 aliphatic carbocycles. The number of methoxy groups -OCH3 is 1. The van der Waals surface area contributed by atoms with Crippen molar-refractivity contribution < 1.29 is 14.3 Å². The van der Waals surface area contributed by atoms with Crippen LogP contribution in [0, 0.1) is 0 Å². The van der Waals surface area contributed by atoms with E-state index in [1.54, 1.807) is 7.11 Å². The van der Waals surface area contributed by atoms with Crippen molar-refractivity contribution in [3.8, 4) is 5.75 Å². The van der Waals surface area contributed by atoms with Gasteiger partial charge in [-0.15, -0.1) is 0 Å². The van der Waals surface area contributed by atoms with Crippen molar-refractivity contribution in [3.05, 3.63) is 59.7 Å². The number of nitrogens with zero attached hydrogens (tertiary/aromatic N) is 3. The second-order valence-corrected chi connectivity index (χ2v) is 9.23. The number of hydrogen-bond acceptors (Lipinski definition) is 5. The summed E-state index contributed by atoms with van der Waals surface area (Å²) in [6.45, 7) is 4.85. The van der Waals surface area contributed by atoms with Crippen LogP contribution in [0.1, 0.15) is 30.4 Å². The Morgan fingerprint density at radius 1 is 0.875 bits per heavy atom. The van der Waals surface area contributed by atoms with Crippen LogP contribution in [0.15, 0.2) is 48.5 Å². The number of aryl methyl sites for hydroxylation is 1. The minimum atomic E-state index is -0.276. The van der Waals surface area contributed by atoms with Gasteiger partial charge in [-0.05, 0) is 36.1 Å². The third-order valence-electron chi connectivity index (χ3n) is 7.48. The highest BCUT2D eigenvalue weighted by Gasteiger charge is 2.47. The number of carbonyl (C=O) groups is 2. The maximum atomic E-state index is 13.0. The number of ether oxygens (including phenoxy) is 1. The lowest BCUT2D eigenvalue weighted by Crippen LogP contribution is -2.53. The fraction of sp³-hybridized carbons (Fsp3) is 0.462. The maximum Gasteiger partial charge on any atom is 0.230 e. The van der Waals surface area contributed by atoms with E-state index >= 15 is 0 Å². The van der Waals surface area contributed by atoms with Crippen LogP contribution in [-0.4, -0.2) is 68.0 Å². The molecule has 6 nitrogen and oxygen atoms in total. The molecule has 0 atom stereocenters. The van der Waals surface area contributed by atoms with Crippen LogP contribution in [0.5, 0.6) is 5.75 Å². The highest BCUT2D eigenvalue weighted by molar-refractivity contribution is 5.99. The van der Waals surface area contributed by atoms with E-state index < -0.39 is 0 Å². The number of amides is 2. The van der Waals surface area contributed by atoms with Crippen molar-refractivity contribution in [2.75, 3.05) is 51.3 Å². The van der Waals surface area contributed by atoms with Gasteiger partial charge in [-0.1, -0.05) is 36.4 Å². The van der Waals surface area contributed by atoms with Gasteiger partial charge in [0.2, 0.25) is 11.8 Å². The molecule has 2 aliphatic heterocycles. The number of piperidine rings is 1. The smallest absolute Gasteiger partial charge is 0.230 e. The van der Waals surface area contributed by atoms with Gasteiger partial charge in [0, 0.05) is 57.5 Å². The van der Waals surface area contributed by atoms with Crippen LogP contribution in [0.25, 0.3) is 0 Å². The Morgan fingerprint density at radius 2 is 1.56 bits per heavy atom. The summed E-state index contributed by atoms with van der Waals surface area (Å²) < 4.78 is 5.50. The van der Waals surface area contributed by atoms with Crippen LogP contribution in [-0.2, 0) is 21.4 Å². The first-order chi connectivity index (χ1) is 15.6. The molecule has 2 saturated heterocycles. The van der Waals surface area contributed by atoms with E-state index in [0.717, 1.165) is 57.0 Å². The lowest BCUT2D eigenvalue weighted by atomic mass is 9.73. The van der Waals surface area contributed by atoms with Gasteiger partial charge in [-0.25, -0.2) is 0 Å². The molecule has 0 unspecified atom stereocenters. The Kier molecular flexibility index (Phi) is 5.64. The van der Waals surface area contributed by atoms with Crippen LogP contribution in [0.3, 0.4) is 0 Å². The number of benzene rings is 2. The average molecular weight is 434 g/mol. The molecule has 0 bridgehead atoms. The molecule has 2 aromatic rings. The number of piperazine rings is 1. The van der Waals surface area contributed by atoms with Crippen LogP contribution in [0.2, 0.25) is 0 Å². The summed E-state index contributed by atoms with van der Waals surface area (Å²) in [5.41, 5.74) is 3.36. The lowest BCUT2D eigenvalue weighted by Gasteiger charge is -2.40. The molecule has 2 heterocycles. The van der Waals surface area contributed by atoms with Crippen molar-refractivity contribution in [1.29, 1.82) is 0 Å². The predicted molar refractivity (Wildman–Crippen MR) is 124 cm³/mol. The van der Waals surface area contributed by atoms with E-state index in [1.807, 2.05) is 30.3 Å². The number of fused-ring (bicyclic) bond motifs is 2. The van der Waals surface area contributed by atoms with E-state index in [0.29, 0.717) is 19.4 Å². The summed E-state index contributed by atoms with van der Waals surface area (Å²) in [6, 6.07) is 16.4. The van der Waals surface area contributed by atoms with Gasteiger partial charge in [0.05, 0.1) is 12.8 Å². The summed E-state index contributed by atoms with van der Waals surface area (Å²) in [6.07, 6.45) is 2.78. The molecule has 0 radical (unpaired) electrons. The third-order valence-corrected chi connectivity index (χ3v) is 7.48. The van der Waals surface area contributed by atoms with E-state index in [-0.39, 0.29) is 17.2 Å². The lowest BCUT2D eigenvalue weighted by molar-refractivity contribution is -0.151. The first kappa shape index (κ1) is 21.0. The van der Waals surface area contributed by atoms with E-state index in [4.69, 9.17) is 4.74 Å². The Bertz CT molecular complexity index is 995. The SMILES string of the molecule is COc1ccccc1N1CCN(CCN2C(=O)CC3(CCc4ccccc43)CC2=O)CC1. The standard InChI is InChI=1S/C26H31N3O3/c1-32-23-9-5-4-8-22(23)28-15-12-27(13-16-28)14-17-29-24(30)18-26(19-25(29)31)11-10-20-6-2-3-7-21(20)26/h2-9H,10-19H2,1H3. The van der Waals surface area contributed by atoms with Crippen molar-refractivity contribution in [3.63, 3.8) is 0 Å². The highest BCUT2D eigenvalue weighted by atomic mass is 16.5. The monoisotopic (exact) mass is 433 g/mol. The van der Waals surface area contributed by atoms with Gasteiger partial charge >= 0.3 is 0 Å². The normalized spacial score (nSPS) is 20.7. The molecule has 0 saturated carbocycles. The summed E-state index contributed by atoms with van der Waals surface area (Å²) >= 11 is 0. The number of likely N-dealkylation sites (tertiary alicyclic amines) is 1. The number of anilines is 1. The summed E-state index contributed by atoms with van der Waals surface area (Å²) in [5.74, 6) is 0.879. The molecule has 5 rings (SSSR count). The molecule has 1 spiro atoms. The van der Waals surface area contributed by atoms with Crippen molar-refractivity contribution >= 4 is 17.5 Å². The van der Waals surface area contributed by atoms with Crippen LogP contribution >= 0.6 is 0 Å². The molecule has 32 heavy (non-hydrogen) atoms. The number of hydrogen-bond donors (Lipinski definition) is 0. The molecule has 168 valence electrons. The van der Waals surface area contributed by atoms with Crippen LogP contribution < -0.4 is 9.64 Å². The third kappa shape index (κ3) is 3.77. The molecule has 0 N–H and O–H groups in total. The number of carbonyl (C=O) groups excluding carboxylic acids is 2. The van der Waals surface area contributed by atoms with Gasteiger partial charge in [-0.3, -0.25) is 19.4 Å². The second-order valence-electron chi connectivity index (χ2n) is 9.23. The van der Waals surface area contributed by atoms with Crippen molar-refractivity contribution in [2.24, 2.45) is 0 Å². The maximum absolute atomic E-state index is 13.0. The minimum Gasteiger partial charge on any atom is -0.495 e. The number of para-hydroxylation sites is 2. The van der Waals surface area contributed by atoms with Gasteiger partial charge in [-0.2, -0.15) is 0 Å². The molecule has 2 amide bonds. The first-order valence-electron chi connectivity index (χ1n) is 11.6. The summed E-state index contributed by atoms with van der Waals surface area (Å²) in [5, 5.41) is 0. The highest BCUT2D eigenvalue weighted by Crippen LogP contribution is 2.46. The summed E-state index contributed by atoms with van der Waals surface area (Å²) in [4.78, 5) is 32.2. The zero-order valence-electron chi connectivity index (χ0n) is 18.8. The first-order valence-corrected chi connectivity index (χ1v) is 11.6. The fourth-order valence-electron chi connectivity index (χ4n) is 5.70. The summed E-state index contributed by atoms with van der Waals surface area (Å²) in [7, 11) is 1.70. The van der Waals surface area contributed by atoms with Gasteiger partial charge in [0.25, 0.3) is 0 Å². The Hall–Kier alpha value is -2.86. The topological polar surface area (TPSA) is 53.1 Å². The Balaban J connectivity index is 1.17. The Labute approximate surface area is 189 Å². The molecule has 2 fully saturated rings. The molecule has 0 aromatic heterocycles. The largest absolute Gasteiger partial charge is 0.495 e. The van der Waals surface area contributed by atoms with E-state index in [9.17, 15) is 9.59 Å². The van der Waals surface area contributed by atoms with Crippen LogP contribution in [0.4, 0.5) is 5.69 Å². The minimum absolute atomic E-state index is 0.00869. The average Bonchev–Trinajstić information content (AvgIpc) is 3.16. The van der Waals surface area contributed by atoms with Crippen molar-refractivity contribution in [1.82, 2.24) is 9.80 Å². The van der Waals surface area contributed by atoms with Crippen molar-refractivity contribution in [2.45, 2.75) is 31.1 Å². The molecular weight excluding hydrogens is 402 g/mol. The molecule has 6 heteroatoms. The zero-order chi connectivity index (χ0) is 22.1. The molecular formula is C26H31N3O3. The Morgan fingerprint density at radius 3 is 2.31 bits per heavy atom. The molecule has 3 aliphatic rings. The predicted octanol–water partition coefficient (Wildman–Crippen LogP) is 2.85. The zero-order valence-corrected chi connectivity index (χ0v) is 18.8. The van der Waals surface area contributed by atoms with Gasteiger partial charge in [0.1, 0.15) is 5.75 Å². The van der Waals surface area contributed by atoms with Gasteiger partial charge < -0.3 is 9.64 Å². The quantitative estimate of drug-likeness (QED) is 0.679. The molecule has 2 aromatic carbocycles.